The number of hydrogen-bond donors (Lipinski definition) is 1. The molecule has 1 amide bonds. The Balaban J connectivity index is 1.96. The van der Waals surface area contributed by atoms with Gasteiger partial charge < -0.3 is 10.0 Å². The molecule has 9 heteroatoms. The van der Waals surface area contributed by atoms with Crippen LogP contribution in [0, 0.1) is 5.82 Å². The summed E-state index contributed by atoms with van der Waals surface area (Å²) in [6.45, 7) is 3.40. The van der Waals surface area contributed by atoms with Gasteiger partial charge in [-0.25, -0.2) is 4.39 Å². The maximum Gasteiger partial charge on any atom is 0.295 e. The number of hydrogen-bond acceptors (Lipinski definition) is 3. The molecule has 168 valence electrons. The molecule has 2 aromatic carbocycles. The fourth-order valence-electron chi connectivity index (χ4n) is 4.34. The predicted octanol–water partition coefficient (Wildman–Crippen LogP) is 4.20. The maximum atomic E-state index is 14.7. The smallest absolute Gasteiger partial charge is 0.295 e. The number of benzene rings is 2. The third kappa shape index (κ3) is 3.08. The minimum Gasteiger partial charge on any atom is -0.374 e. The highest BCUT2D eigenvalue weighted by atomic mass is 31.0. The SMILES string of the molecule is CN(C)C(=O)C(C)(C)n1cc(-c2cc(F)cc3c2-c2ccccc2C3(O)C(F)(F)P)cn1. The highest BCUT2D eigenvalue weighted by Crippen LogP contribution is 2.58. The Labute approximate surface area is 186 Å². The number of nitrogens with zero attached hydrogens (tertiary/aromatic N) is 3. The standard InChI is InChI=1S/C23H23F3N3O2P/c1-21(2,20(30)28(3)4)29-12-13(11-27-29)16-9-14(24)10-18-19(16)15-7-5-6-8-17(15)22(18,31)23(25,26)32/h5-12,31H,32H2,1-4H3. The first-order valence-corrected chi connectivity index (χ1v) is 10.5. The normalized spacial score (nSPS) is 17.8. The highest BCUT2D eigenvalue weighted by molar-refractivity contribution is 7.18. The zero-order valence-electron chi connectivity index (χ0n) is 18.0. The van der Waals surface area contributed by atoms with Gasteiger partial charge in [0.1, 0.15) is 11.4 Å². The van der Waals surface area contributed by atoms with Crippen LogP contribution in [0.5, 0.6) is 0 Å². The number of rotatable bonds is 4. The molecule has 1 aliphatic rings. The molecule has 0 bridgehead atoms. The third-order valence-electron chi connectivity index (χ3n) is 5.96. The molecule has 32 heavy (non-hydrogen) atoms. The summed E-state index contributed by atoms with van der Waals surface area (Å²) in [4.78, 5) is 14.0. The van der Waals surface area contributed by atoms with Crippen LogP contribution in [0.2, 0.25) is 0 Å². The van der Waals surface area contributed by atoms with Gasteiger partial charge in [0.25, 0.3) is 5.66 Å². The molecule has 5 nitrogen and oxygen atoms in total. The Kier molecular flexibility index (Phi) is 5.03. The van der Waals surface area contributed by atoms with Crippen molar-refractivity contribution in [2.24, 2.45) is 0 Å². The minimum absolute atomic E-state index is 0.00245. The summed E-state index contributed by atoms with van der Waals surface area (Å²) in [5.74, 6) is -0.963. The summed E-state index contributed by atoms with van der Waals surface area (Å²) in [5, 5.41) is 15.5. The lowest BCUT2D eigenvalue weighted by Crippen LogP contribution is -2.44. The number of likely N-dealkylation sites (N-methyl/N-ethyl adjacent to an activating group) is 1. The molecule has 0 fully saturated rings. The first-order chi connectivity index (χ1) is 14.8. The van der Waals surface area contributed by atoms with Crippen molar-refractivity contribution in [1.29, 1.82) is 0 Å². The van der Waals surface area contributed by atoms with Crippen LogP contribution in [-0.4, -0.2) is 45.5 Å². The van der Waals surface area contributed by atoms with Crippen molar-refractivity contribution in [3.63, 3.8) is 0 Å². The lowest BCUT2D eigenvalue weighted by atomic mass is 9.90. The third-order valence-corrected chi connectivity index (χ3v) is 6.38. The molecule has 1 N–H and O–H groups in total. The second-order valence-electron chi connectivity index (χ2n) is 8.69. The number of halogens is 3. The van der Waals surface area contributed by atoms with Gasteiger partial charge in [-0.2, -0.15) is 13.9 Å². The van der Waals surface area contributed by atoms with Crippen LogP contribution < -0.4 is 0 Å². The number of aliphatic hydroxyl groups is 1. The van der Waals surface area contributed by atoms with Crippen molar-refractivity contribution in [1.82, 2.24) is 14.7 Å². The monoisotopic (exact) mass is 461 g/mol. The molecule has 0 spiro atoms. The van der Waals surface area contributed by atoms with Crippen molar-refractivity contribution in [3.8, 4) is 22.3 Å². The molecule has 4 rings (SSSR count). The number of fused-ring (bicyclic) bond motifs is 3. The summed E-state index contributed by atoms with van der Waals surface area (Å²) in [6, 6.07) is 8.43. The predicted molar refractivity (Wildman–Crippen MR) is 119 cm³/mol. The number of amides is 1. The van der Waals surface area contributed by atoms with Crippen LogP contribution in [0.4, 0.5) is 13.2 Å². The van der Waals surface area contributed by atoms with E-state index in [4.69, 9.17) is 0 Å². The van der Waals surface area contributed by atoms with E-state index < -0.39 is 22.6 Å². The number of carbonyl (C=O) groups is 1. The van der Waals surface area contributed by atoms with Crippen LogP contribution in [0.3, 0.4) is 0 Å². The van der Waals surface area contributed by atoms with Crippen LogP contribution in [-0.2, 0) is 15.9 Å². The molecule has 0 saturated carbocycles. The Morgan fingerprint density at radius 1 is 1.16 bits per heavy atom. The van der Waals surface area contributed by atoms with E-state index in [-0.39, 0.29) is 17.0 Å². The second-order valence-corrected chi connectivity index (χ2v) is 9.41. The van der Waals surface area contributed by atoms with Gasteiger partial charge in [-0.05, 0) is 42.7 Å². The Morgan fingerprint density at radius 3 is 2.44 bits per heavy atom. The van der Waals surface area contributed by atoms with E-state index in [0.717, 1.165) is 6.07 Å². The summed E-state index contributed by atoms with van der Waals surface area (Å²) >= 11 is 0. The Hall–Kier alpha value is -2.70. The van der Waals surface area contributed by atoms with Crippen molar-refractivity contribution in [2.75, 3.05) is 14.1 Å². The van der Waals surface area contributed by atoms with Gasteiger partial charge in [0.2, 0.25) is 5.91 Å². The van der Waals surface area contributed by atoms with E-state index in [0.29, 0.717) is 22.3 Å². The molecule has 0 saturated heterocycles. The number of alkyl halides is 2. The fourth-order valence-corrected chi connectivity index (χ4v) is 4.65. The van der Waals surface area contributed by atoms with E-state index in [1.54, 1.807) is 52.3 Å². The average Bonchev–Trinajstić information content (AvgIpc) is 3.30. The zero-order chi connectivity index (χ0) is 23.6. The van der Waals surface area contributed by atoms with Crippen LogP contribution in [0.15, 0.2) is 48.8 Å². The van der Waals surface area contributed by atoms with Gasteiger partial charge in [0.15, 0.2) is 5.60 Å². The van der Waals surface area contributed by atoms with Crippen LogP contribution in [0.25, 0.3) is 22.3 Å². The molecule has 0 aliphatic heterocycles. The van der Waals surface area contributed by atoms with Crippen LogP contribution in [0.1, 0.15) is 25.0 Å². The lowest BCUT2D eigenvalue weighted by Gasteiger charge is -2.31. The minimum atomic E-state index is -3.65. The number of carbonyl (C=O) groups excluding carboxylic acids is 1. The van der Waals surface area contributed by atoms with Gasteiger partial charge in [-0.1, -0.05) is 33.5 Å². The largest absolute Gasteiger partial charge is 0.374 e. The summed E-state index contributed by atoms with van der Waals surface area (Å²) in [5.41, 5.74) is -6.17. The fraction of sp³-hybridized carbons (Fsp3) is 0.304. The molecule has 0 radical (unpaired) electrons. The molecular weight excluding hydrogens is 438 g/mol. The molecule has 3 aromatic rings. The van der Waals surface area contributed by atoms with E-state index in [9.17, 15) is 23.1 Å². The number of aromatic nitrogens is 2. The second kappa shape index (κ2) is 7.15. The molecule has 2 atom stereocenters. The van der Waals surface area contributed by atoms with Gasteiger partial charge in [-0.15, -0.1) is 0 Å². The summed E-state index contributed by atoms with van der Waals surface area (Å²) in [6.07, 6.45) is 3.04. The lowest BCUT2D eigenvalue weighted by molar-refractivity contribution is -0.137. The van der Waals surface area contributed by atoms with Gasteiger partial charge >= 0.3 is 0 Å². The van der Waals surface area contributed by atoms with Crippen molar-refractivity contribution < 1.29 is 23.1 Å². The molecule has 1 aromatic heterocycles. The first-order valence-electron chi connectivity index (χ1n) is 9.90. The van der Waals surface area contributed by atoms with E-state index >= 15 is 0 Å². The Morgan fingerprint density at radius 2 is 1.81 bits per heavy atom. The molecule has 2 unspecified atom stereocenters. The van der Waals surface area contributed by atoms with E-state index in [1.807, 2.05) is 0 Å². The highest BCUT2D eigenvalue weighted by Gasteiger charge is 2.57. The van der Waals surface area contributed by atoms with Crippen molar-refractivity contribution in [3.05, 3.63) is 65.7 Å². The van der Waals surface area contributed by atoms with Gasteiger partial charge in [0, 0.05) is 37.0 Å². The summed E-state index contributed by atoms with van der Waals surface area (Å²) in [7, 11) is 4.64. The quantitative estimate of drug-likeness (QED) is 0.593. The zero-order valence-corrected chi connectivity index (χ0v) is 19.2. The van der Waals surface area contributed by atoms with Gasteiger partial charge in [0.05, 0.1) is 6.20 Å². The molecule has 1 heterocycles. The van der Waals surface area contributed by atoms with Gasteiger partial charge in [-0.3, -0.25) is 9.48 Å². The molecular formula is C23H23F3N3O2P. The summed E-state index contributed by atoms with van der Waals surface area (Å²) < 4.78 is 45.5. The van der Waals surface area contributed by atoms with Crippen molar-refractivity contribution in [2.45, 2.75) is 30.7 Å². The molecule has 1 aliphatic carbocycles. The Bertz CT molecular complexity index is 1230. The first kappa shape index (κ1) is 22.5. The van der Waals surface area contributed by atoms with Crippen molar-refractivity contribution >= 4 is 15.1 Å². The maximum absolute atomic E-state index is 14.7. The van der Waals surface area contributed by atoms with E-state index in [1.165, 1.54) is 37.2 Å². The average molecular weight is 461 g/mol. The van der Waals surface area contributed by atoms with Crippen LogP contribution >= 0.6 is 9.24 Å². The van der Waals surface area contributed by atoms with E-state index in [2.05, 4.69) is 5.10 Å². The topological polar surface area (TPSA) is 58.4 Å².